The number of nitrogens with zero attached hydrogens (tertiary/aromatic N) is 2. The SMILES string of the molecule is CCC1CCN(C(=O)C(CC)C(N)=NO)C1. The van der Waals surface area contributed by atoms with Crippen molar-refractivity contribution in [2.45, 2.75) is 33.1 Å². The molecule has 0 radical (unpaired) electrons. The fourth-order valence-corrected chi connectivity index (χ4v) is 2.17. The molecule has 0 aromatic carbocycles. The summed E-state index contributed by atoms with van der Waals surface area (Å²) in [6, 6.07) is 0. The predicted octanol–water partition coefficient (Wildman–Crippen LogP) is 1.02. The second kappa shape index (κ2) is 5.72. The Morgan fingerprint density at radius 3 is 2.75 bits per heavy atom. The van der Waals surface area contributed by atoms with Gasteiger partial charge in [-0.25, -0.2) is 0 Å². The molecule has 2 atom stereocenters. The largest absolute Gasteiger partial charge is 0.409 e. The number of amidine groups is 1. The molecule has 1 saturated heterocycles. The van der Waals surface area contributed by atoms with Crippen molar-refractivity contribution in [1.82, 2.24) is 4.90 Å². The second-order valence-electron chi connectivity index (χ2n) is 4.33. The first-order valence-corrected chi connectivity index (χ1v) is 5.90. The van der Waals surface area contributed by atoms with Gasteiger partial charge in [0.25, 0.3) is 0 Å². The number of amides is 1. The molecule has 1 fully saturated rings. The lowest BCUT2D eigenvalue weighted by atomic mass is 10.0. The highest BCUT2D eigenvalue weighted by Crippen LogP contribution is 2.21. The van der Waals surface area contributed by atoms with Crippen LogP contribution in [-0.2, 0) is 4.79 Å². The van der Waals surface area contributed by atoms with Crippen LogP contribution in [-0.4, -0.2) is 34.9 Å². The highest BCUT2D eigenvalue weighted by Gasteiger charge is 2.31. The first kappa shape index (κ1) is 12.8. The zero-order valence-electron chi connectivity index (χ0n) is 10.0. The molecular formula is C11H21N3O2. The first-order valence-electron chi connectivity index (χ1n) is 5.90. The van der Waals surface area contributed by atoms with Crippen molar-refractivity contribution in [2.75, 3.05) is 13.1 Å². The molecule has 1 rings (SSSR count). The molecule has 0 aliphatic carbocycles. The van der Waals surface area contributed by atoms with Gasteiger partial charge in [0.2, 0.25) is 5.91 Å². The lowest BCUT2D eigenvalue weighted by molar-refractivity contribution is -0.132. The lowest BCUT2D eigenvalue weighted by Gasteiger charge is -2.21. The third-order valence-electron chi connectivity index (χ3n) is 3.35. The zero-order chi connectivity index (χ0) is 12.1. The molecule has 0 aromatic heterocycles. The van der Waals surface area contributed by atoms with E-state index in [-0.39, 0.29) is 11.7 Å². The van der Waals surface area contributed by atoms with Crippen LogP contribution in [0.25, 0.3) is 0 Å². The van der Waals surface area contributed by atoms with E-state index in [4.69, 9.17) is 10.9 Å². The molecular weight excluding hydrogens is 206 g/mol. The summed E-state index contributed by atoms with van der Waals surface area (Å²) in [6.45, 7) is 5.62. The summed E-state index contributed by atoms with van der Waals surface area (Å²) in [4.78, 5) is 13.9. The van der Waals surface area contributed by atoms with Crippen molar-refractivity contribution in [3.8, 4) is 0 Å². The van der Waals surface area contributed by atoms with Crippen molar-refractivity contribution in [3.05, 3.63) is 0 Å². The minimum absolute atomic E-state index is 0.00579. The molecule has 92 valence electrons. The Morgan fingerprint density at radius 2 is 2.31 bits per heavy atom. The van der Waals surface area contributed by atoms with Crippen LogP contribution in [0.5, 0.6) is 0 Å². The van der Waals surface area contributed by atoms with E-state index >= 15 is 0 Å². The van der Waals surface area contributed by atoms with Crippen LogP contribution in [0.2, 0.25) is 0 Å². The van der Waals surface area contributed by atoms with E-state index in [1.54, 1.807) is 0 Å². The van der Waals surface area contributed by atoms with Gasteiger partial charge in [-0.05, 0) is 18.8 Å². The maximum Gasteiger partial charge on any atom is 0.233 e. The van der Waals surface area contributed by atoms with Crippen LogP contribution in [0.4, 0.5) is 0 Å². The summed E-state index contributed by atoms with van der Waals surface area (Å²) in [5.41, 5.74) is 5.52. The van der Waals surface area contributed by atoms with Crippen LogP contribution >= 0.6 is 0 Å². The first-order chi connectivity index (χ1) is 7.63. The molecule has 1 aliphatic rings. The van der Waals surface area contributed by atoms with E-state index in [0.717, 1.165) is 25.9 Å². The Balaban J connectivity index is 2.63. The third kappa shape index (κ3) is 2.65. The second-order valence-corrected chi connectivity index (χ2v) is 4.33. The highest BCUT2D eigenvalue weighted by molar-refractivity contribution is 6.02. The molecule has 0 aromatic rings. The van der Waals surface area contributed by atoms with Gasteiger partial charge >= 0.3 is 0 Å². The van der Waals surface area contributed by atoms with Crippen molar-refractivity contribution < 1.29 is 10.0 Å². The normalized spacial score (nSPS) is 23.5. The number of nitrogens with two attached hydrogens (primary N) is 1. The summed E-state index contributed by atoms with van der Waals surface area (Å²) in [5.74, 6) is 0.149. The van der Waals surface area contributed by atoms with Gasteiger partial charge in [0, 0.05) is 13.1 Å². The summed E-state index contributed by atoms with van der Waals surface area (Å²) < 4.78 is 0. The number of rotatable bonds is 4. The van der Waals surface area contributed by atoms with Crippen molar-refractivity contribution in [2.24, 2.45) is 22.7 Å². The standard InChI is InChI=1S/C11H21N3O2/c1-3-8-5-6-14(7-8)11(15)9(4-2)10(12)13-16/h8-9,16H,3-7H2,1-2H3,(H2,12,13). The zero-order valence-corrected chi connectivity index (χ0v) is 10.0. The molecule has 3 N–H and O–H groups in total. The fraction of sp³-hybridized carbons (Fsp3) is 0.818. The molecule has 0 saturated carbocycles. The van der Waals surface area contributed by atoms with Gasteiger partial charge < -0.3 is 15.8 Å². The summed E-state index contributed by atoms with van der Waals surface area (Å²) in [6.07, 6.45) is 2.74. The molecule has 1 amide bonds. The Hall–Kier alpha value is -1.26. The molecule has 1 aliphatic heterocycles. The molecule has 5 heteroatoms. The molecule has 1 heterocycles. The average Bonchev–Trinajstić information content (AvgIpc) is 2.78. The van der Waals surface area contributed by atoms with E-state index in [1.807, 2.05) is 11.8 Å². The molecule has 16 heavy (non-hydrogen) atoms. The maximum atomic E-state index is 12.1. The van der Waals surface area contributed by atoms with Crippen molar-refractivity contribution in [3.63, 3.8) is 0 Å². The molecule has 0 bridgehead atoms. The minimum Gasteiger partial charge on any atom is -0.409 e. The number of hydrogen-bond acceptors (Lipinski definition) is 3. The Bertz CT molecular complexity index is 278. The van der Waals surface area contributed by atoms with E-state index in [2.05, 4.69) is 12.1 Å². The van der Waals surface area contributed by atoms with Gasteiger partial charge in [0.15, 0.2) is 5.84 Å². The van der Waals surface area contributed by atoms with Gasteiger partial charge in [0.05, 0.1) is 5.92 Å². The Labute approximate surface area is 96.3 Å². The fourth-order valence-electron chi connectivity index (χ4n) is 2.17. The average molecular weight is 227 g/mol. The van der Waals surface area contributed by atoms with Crippen LogP contribution in [0, 0.1) is 11.8 Å². The van der Waals surface area contributed by atoms with E-state index in [0.29, 0.717) is 12.3 Å². The lowest BCUT2D eigenvalue weighted by Crippen LogP contribution is -2.40. The Kier molecular flexibility index (Phi) is 4.58. The minimum atomic E-state index is -0.472. The van der Waals surface area contributed by atoms with Crippen LogP contribution in [0.15, 0.2) is 5.16 Å². The quantitative estimate of drug-likeness (QED) is 0.326. The van der Waals surface area contributed by atoms with E-state index in [1.165, 1.54) is 0 Å². The van der Waals surface area contributed by atoms with Gasteiger partial charge in [-0.2, -0.15) is 0 Å². The van der Waals surface area contributed by atoms with Gasteiger partial charge in [-0.15, -0.1) is 0 Å². The molecule has 0 spiro atoms. The Morgan fingerprint density at radius 1 is 1.62 bits per heavy atom. The van der Waals surface area contributed by atoms with Gasteiger partial charge in [0.1, 0.15) is 0 Å². The molecule has 5 nitrogen and oxygen atoms in total. The monoisotopic (exact) mass is 227 g/mol. The number of hydrogen-bond donors (Lipinski definition) is 2. The number of carbonyl (C=O) groups is 1. The van der Waals surface area contributed by atoms with Gasteiger partial charge in [-0.1, -0.05) is 25.4 Å². The van der Waals surface area contributed by atoms with Crippen molar-refractivity contribution in [1.29, 1.82) is 0 Å². The predicted molar refractivity (Wildman–Crippen MR) is 62.2 cm³/mol. The number of carbonyl (C=O) groups excluding carboxylic acids is 1. The number of likely N-dealkylation sites (tertiary alicyclic amines) is 1. The topological polar surface area (TPSA) is 78.9 Å². The number of oxime groups is 1. The van der Waals surface area contributed by atoms with E-state index < -0.39 is 5.92 Å². The maximum absolute atomic E-state index is 12.1. The summed E-state index contributed by atoms with van der Waals surface area (Å²) >= 11 is 0. The van der Waals surface area contributed by atoms with E-state index in [9.17, 15) is 4.79 Å². The van der Waals surface area contributed by atoms with Crippen LogP contribution in [0.1, 0.15) is 33.1 Å². The highest BCUT2D eigenvalue weighted by atomic mass is 16.4. The smallest absolute Gasteiger partial charge is 0.233 e. The van der Waals surface area contributed by atoms with Crippen molar-refractivity contribution >= 4 is 11.7 Å². The molecule has 2 unspecified atom stereocenters. The third-order valence-corrected chi connectivity index (χ3v) is 3.35. The summed E-state index contributed by atoms with van der Waals surface area (Å²) in [5, 5.41) is 11.6. The van der Waals surface area contributed by atoms with Gasteiger partial charge in [-0.3, -0.25) is 4.79 Å². The van der Waals surface area contributed by atoms with Crippen LogP contribution < -0.4 is 5.73 Å². The van der Waals surface area contributed by atoms with Crippen LogP contribution in [0.3, 0.4) is 0 Å². The summed E-state index contributed by atoms with van der Waals surface area (Å²) in [7, 11) is 0.